The van der Waals surface area contributed by atoms with Crippen LogP contribution in [0.15, 0.2) is 42.6 Å². The van der Waals surface area contributed by atoms with Crippen LogP contribution in [0.4, 0.5) is 5.69 Å². The summed E-state index contributed by atoms with van der Waals surface area (Å²) in [5.41, 5.74) is 0.916. The highest BCUT2D eigenvalue weighted by Gasteiger charge is 2.26. The minimum atomic E-state index is -0.714. The van der Waals surface area contributed by atoms with E-state index in [2.05, 4.69) is 15.6 Å². The number of benzene rings is 1. The molecule has 0 unspecified atom stereocenters. The van der Waals surface area contributed by atoms with Gasteiger partial charge in [0.25, 0.3) is 5.91 Å². The lowest BCUT2D eigenvalue weighted by Crippen LogP contribution is -2.47. The number of amides is 2. The van der Waals surface area contributed by atoms with Crippen LogP contribution in [0.5, 0.6) is 11.6 Å². The van der Waals surface area contributed by atoms with E-state index < -0.39 is 6.04 Å². The van der Waals surface area contributed by atoms with Gasteiger partial charge in [-0.1, -0.05) is 26.0 Å². The summed E-state index contributed by atoms with van der Waals surface area (Å²) in [6, 6.07) is 9.57. The molecule has 1 aromatic heterocycles. The first-order chi connectivity index (χ1) is 13.0. The van der Waals surface area contributed by atoms with Crippen molar-refractivity contribution in [2.24, 2.45) is 5.92 Å². The number of hydrogen-bond donors (Lipinski definition) is 2. The fourth-order valence-corrected chi connectivity index (χ4v) is 2.48. The lowest BCUT2D eigenvalue weighted by molar-refractivity contribution is -0.118. The van der Waals surface area contributed by atoms with E-state index >= 15 is 0 Å². The van der Waals surface area contributed by atoms with Crippen LogP contribution in [0.25, 0.3) is 0 Å². The van der Waals surface area contributed by atoms with Crippen LogP contribution in [0.1, 0.15) is 31.1 Å². The Kier molecular flexibility index (Phi) is 7.16. The Bertz CT molecular complexity index is 775. The maximum absolute atomic E-state index is 12.7. The summed E-state index contributed by atoms with van der Waals surface area (Å²) in [4.78, 5) is 29.4. The van der Waals surface area contributed by atoms with Gasteiger partial charge in [-0.25, -0.2) is 4.98 Å². The number of aromatic nitrogens is 1. The van der Waals surface area contributed by atoms with Crippen molar-refractivity contribution < 1.29 is 19.1 Å². The van der Waals surface area contributed by atoms with Crippen molar-refractivity contribution in [2.45, 2.75) is 26.8 Å². The molecule has 0 bridgehead atoms. The fraction of sp³-hybridized carbons (Fsp3) is 0.350. The van der Waals surface area contributed by atoms with Crippen LogP contribution in [0, 0.1) is 5.92 Å². The molecule has 0 fully saturated rings. The van der Waals surface area contributed by atoms with Gasteiger partial charge >= 0.3 is 0 Å². The predicted molar refractivity (Wildman–Crippen MR) is 103 cm³/mol. The van der Waals surface area contributed by atoms with Crippen LogP contribution in [0.3, 0.4) is 0 Å². The Morgan fingerprint density at radius 1 is 1.15 bits per heavy atom. The number of methoxy groups -OCH3 is 1. The molecule has 0 saturated heterocycles. The highest BCUT2D eigenvalue weighted by atomic mass is 16.5. The summed E-state index contributed by atoms with van der Waals surface area (Å²) in [5, 5.41) is 5.57. The minimum absolute atomic E-state index is 0.112. The number of pyridine rings is 1. The highest BCUT2D eigenvalue weighted by molar-refractivity contribution is 6.02. The molecule has 2 amide bonds. The quantitative estimate of drug-likeness (QED) is 0.745. The first-order valence-corrected chi connectivity index (χ1v) is 8.79. The molecular weight excluding hydrogens is 346 g/mol. The molecule has 0 saturated carbocycles. The van der Waals surface area contributed by atoms with Crippen molar-refractivity contribution >= 4 is 17.5 Å². The molecule has 2 N–H and O–H groups in total. The summed E-state index contributed by atoms with van der Waals surface area (Å²) in [5.74, 6) is 0.147. The molecule has 27 heavy (non-hydrogen) atoms. The standard InChI is InChI=1S/C20H25N3O4/c1-5-27-16-9-7-6-8-15(16)19(24)23-18(13(2)3)20(25)22-14-10-11-17(26-4)21-12-14/h6-13,18H,5H2,1-4H3,(H,22,25)(H,23,24)/t18-/m0/s1. The summed E-state index contributed by atoms with van der Waals surface area (Å²) in [6.07, 6.45) is 1.50. The largest absolute Gasteiger partial charge is 0.493 e. The van der Waals surface area contributed by atoms with E-state index in [1.54, 1.807) is 36.4 Å². The van der Waals surface area contributed by atoms with Crippen LogP contribution in [-0.4, -0.2) is 36.6 Å². The van der Waals surface area contributed by atoms with E-state index in [9.17, 15) is 9.59 Å². The smallest absolute Gasteiger partial charge is 0.255 e. The number of carbonyl (C=O) groups is 2. The van der Waals surface area contributed by atoms with Crippen LogP contribution in [-0.2, 0) is 4.79 Å². The SMILES string of the molecule is CCOc1ccccc1C(=O)N[C@H](C(=O)Nc1ccc(OC)nc1)C(C)C. The van der Waals surface area contributed by atoms with E-state index in [1.165, 1.54) is 13.3 Å². The van der Waals surface area contributed by atoms with Gasteiger partial charge in [-0.3, -0.25) is 9.59 Å². The average Bonchev–Trinajstić information content (AvgIpc) is 2.67. The Labute approximate surface area is 159 Å². The number of hydrogen-bond acceptors (Lipinski definition) is 5. The number of anilines is 1. The van der Waals surface area contributed by atoms with Gasteiger partial charge in [-0.05, 0) is 31.0 Å². The number of nitrogens with one attached hydrogen (secondary N) is 2. The second kappa shape index (κ2) is 9.56. The number of para-hydroxylation sites is 1. The van der Waals surface area contributed by atoms with Crippen LogP contribution in [0.2, 0.25) is 0 Å². The Morgan fingerprint density at radius 2 is 1.89 bits per heavy atom. The van der Waals surface area contributed by atoms with Crippen LogP contribution >= 0.6 is 0 Å². The molecule has 1 aromatic carbocycles. The minimum Gasteiger partial charge on any atom is -0.493 e. The number of carbonyl (C=O) groups excluding carboxylic acids is 2. The van der Waals surface area contributed by atoms with Crippen molar-refractivity contribution in [3.05, 3.63) is 48.2 Å². The third-order valence-electron chi connectivity index (χ3n) is 3.88. The average molecular weight is 371 g/mol. The summed E-state index contributed by atoms with van der Waals surface area (Å²) in [6.45, 7) is 6.03. The molecule has 0 aliphatic heterocycles. The molecule has 1 heterocycles. The Morgan fingerprint density at radius 3 is 2.48 bits per heavy atom. The third kappa shape index (κ3) is 5.44. The van der Waals surface area contributed by atoms with E-state index in [0.29, 0.717) is 29.5 Å². The van der Waals surface area contributed by atoms with Crippen molar-refractivity contribution in [3.63, 3.8) is 0 Å². The van der Waals surface area contributed by atoms with Gasteiger partial charge in [0.1, 0.15) is 11.8 Å². The zero-order valence-corrected chi connectivity index (χ0v) is 16.0. The zero-order valence-electron chi connectivity index (χ0n) is 16.0. The molecule has 144 valence electrons. The van der Waals surface area contributed by atoms with E-state index in [0.717, 1.165) is 0 Å². The van der Waals surface area contributed by atoms with Gasteiger partial charge < -0.3 is 20.1 Å². The maximum Gasteiger partial charge on any atom is 0.255 e. The van der Waals surface area contributed by atoms with Gasteiger partial charge in [-0.2, -0.15) is 0 Å². The fourth-order valence-electron chi connectivity index (χ4n) is 2.48. The van der Waals surface area contributed by atoms with Crippen molar-refractivity contribution in [1.82, 2.24) is 10.3 Å². The van der Waals surface area contributed by atoms with Gasteiger partial charge in [-0.15, -0.1) is 0 Å². The first-order valence-electron chi connectivity index (χ1n) is 8.79. The molecular formula is C20H25N3O4. The Balaban J connectivity index is 2.12. The number of rotatable bonds is 8. The topological polar surface area (TPSA) is 89.5 Å². The monoisotopic (exact) mass is 371 g/mol. The van der Waals surface area contributed by atoms with E-state index in [4.69, 9.17) is 9.47 Å². The third-order valence-corrected chi connectivity index (χ3v) is 3.88. The maximum atomic E-state index is 12.7. The lowest BCUT2D eigenvalue weighted by Gasteiger charge is -2.22. The summed E-state index contributed by atoms with van der Waals surface area (Å²) < 4.78 is 10.5. The first kappa shape index (κ1) is 20.2. The van der Waals surface area contributed by atoms with E-state index in [1.807, 2.05) is 20.8 Å². The molecule has 0 radical (unpaired) electrons. The summed E-state index contributed by atoms with van der Waals surface area (Å²) in [7, 11) is 1.52. The summed E-state index contributed by atoms with van der Waals surface area (Å²) >= 11 is 0. The van der Waals surface area contributed by atoms with Crippen molar-refractivity contribution in [1.29, 1.82) is 0 Å². The van der Waals surface area contributed by atoms with Crippen LogP contribution < -0.4 is 20.1 Å². The zero-order chi connectivity index (χ0) is 19.8. The van der Waals surface area contributed by atoms with Gasteiger partial charge in [0.2, 0.25) is 11.8 Å². The van der Waals surface area contributed by atoms with E-state index in [-0.39, 0.29) is 17.7 Å². The molecule has 7 nitrogen and oxygen atoms in total. The molecule has 7 heteroatoms. The second-order valence-corrected chi connectivity index (χ2v) is 6.20. The number of ether oxygens (including phenoxy) is 2. The molecule has 0 aliphatic carbocycles. The van der Waals surface area contributed by atoms with Crippen molar-refractivity contribution in [3.8, 4) is 11.6 Å². The molecule has 0 spiro atoms. The van der Waals surface area contributed by atoms with Gasteiger partial charge in [0, 0.05) is 6.07 Å². The highest BCUT2D eigenvalue weighted by Crippen LogP contribution is 2.19. The Hall–Kier alpha value is -3.09. The molecule has 2 rings (SSSR count). The predicted octanol–water partition coefficient (Wildman–Crippen LogP) is 2.88. The molecule has 1 atom stereocenters. The number of nitrogens with zero attached hydrogens (tertiary/aromatic N) is 1. The normalized spacial score (nSPS) is 11.6. The molecule has 0 aliphatic rings. The van der Waals surface area contributed by atoms with Crippen molar-refractivity contribution in [2.75, 3.05) is 19.0 Å². The lowest BCUT2D eigenvalue weighted by atomic mass is 10.0. The van der Waals surface area contributed by atoms with Gasteiger partial charge in [0.15, 0.2) is 0 Å². The van der Waals surface area contributed by atoms with Gasteiger partial charge in [0.05, 0.1) is 31.2 Å². The molecule has 2 aromatic rings. The second-order valence-electron chi connectivity index (χ2n) is 6.20.